The van der Waals surface area contributed by atoms with E-state index in [1.807, 2.05) is 0 Å². The molecule has 0 aromatic carbocycles. The van der Waals surface area contributed by atoms with E-state index in [4.69, 9.17) is 18.6 Å². The van der Waals surface area contributed by atoms with Crippen LogP contribution in [0.2, 0.25) is 0 Å². The van der Waals surface area contributed by atoms with Crippen molar-refractivity contribution in [1.29, 1.82) is 0 Å². The zero-order valence-corrected chi connectivity index (χ0v) is 9.27. The van der Waals surface area contributed by atoms with E-state index < -0.39 is 10.2 Å². The van der Waals surface area contributed by atoms with E-state index in [0.29, 0.717) is 0 Å². The van der Waals surface area contributed by atoms with Crippen molar-refractivity contribution in [3.8, 4) is 0 Å². The molecule has 1 fully saturated rings. The number of halogens is 1. The third-order valence-electron chi connectivity index (χ3n) is 1.14. The molecule has 16 heavy (non-hydrogen) atoms. The number of hydrogen-bond donors (Lipinski definition) is 1. The van der Waals surface area contributed by atoms with Crippen molar-refractivity contribution in [2.45, 2.75) is 12.8 Å². The number of hydrogen-bond acceptors (Lipinski definition) is 8. The summed E-state index contributed by atoms with van der Waals surface area (Å²) in [5.74, 6) is -0.645. The number of carbonyl (C=O) groups excluding carboxylic acids is 2. The molecule has 0 bridgehead atoms. The average Bonchev–Trinajstić information content (AvgIpc) is 2.03. The second kappa shape index (κ2) is 8.78. The molecule has 0 spiro atoms. The molecule has 1 heterocycles. The fourth-order valence-corrected chi connectivity index (χ4v) is 0.659. The summed E-state index contributed by atoms with van der Waals surface area (Å²) in [6, 6.07) is 0. The molecule has 0 radical (unpaired) electrons. The molecule has 1 aliphatic rings. The Labute approximate surface area is 107 Å². The van der Waals surface area contributed by atoms with Crippen molar-refractivity contribution in [1.82, 2.24) is 0 Å². The number of ether oxygens (including phenoxy) is 2. The van der Waals surface area contributed by atoms with Gasteiger partial charge in [0.1, 0.15) is 13.2 Å². The molecule has 1 rings (SSSR count). The summed E-state index contributed by atoms with van der Waals surface area (Å²) in [6.45, 7) is 0.370. The van der Waals surface area contributed by atoms with Crippen molar-refractivity contribution in [3.63, 3.8) is 0 Å². The molecule has 1 aliphatic heterocycles. The van der Waals surface area contributed by atoms with Gasteiger partial charge in [0.15, 0.2) is 0 Å². The van der Waals surface area contributed by atoms with Gasteiger partial charge in [-0.1, -0.05) is 0 Å². The van der Waals surface area contributed by atoms with Gasteiger partial charge < -0.3 is 10.9 Å². The summed E-state index contributed by atoms with van der Waals surface area (Å²) >= 11 is 0. The fraction of sp³-hybridized carbons (Fsp3) is 0.667. The zero-order chi connectivity index (χ0) is 11.9. The monoisotopic (exact) mass is 252 g/mol. The van der Waals surface area contributed by atoms with Gasteiger partial charge in [0.25, 0.3) is 0 Å². The molecule has 0 aromatic rings. The van der Waals surface area contributed by atoms with Gasteiger partial charge >= 0.3 is 30.8 Å². The molecule has 10 heteroatoms. The van der Waals surface area contributed by atoms with Gasteiger partial charge in [0.05, 0.1) is 27.7 Å². The van der Waals surface area contributed by atoms with E-state index >= 15 is 0 Å². The summed E-state index contributed by atoms with van der Waals surface area (Å²) in [4.78, 5) is 21.1. The average molecular weight is 253 g/mol. The van der Waals surface area contributed by atoms with Crippen molar-refractivity contribution in [3.05, 3.63) is 0 Å². The standard InChI is InChI=1S/C6H8O4.ClHO4.Li.H/c7-5-1-2-6(8)10-4-3-9-5;2-1(3,4)5;;/h1-4H2;(H,2,3,4,5);;/q;;+1;-1. The Hall–Kier alpha value is -0.333. The van der Waals surface area contributed by atoms with Crippen molar-refractivity contribution < 1.29 is 68.2 Å². The molecular weight excluding hydrogens is 242 g/mol. The van der Waals surface area contributed by atoms with E-state index in [-0.39, 0.29) is 58.3 Å². The maximum atomic E-state index is 10.6. The van der Waals surface area contributed by atoms with Crippen LogP contribution in [0, 0.1) is 10.2 Å². The fourth-order valence-electron chi connectivity index (χ4n) is 0.659. The molecule has 0 saturated carbocycles. The first kappa shape index (κ1) is 18.0. The molecule has 1 N–H and O–H groups in total. The van der Waals surface area contributed by atoms with Crippen LogP contribution < -0.4 is 32.8 Å². The van der Waals surface area contributed by atoms with Crippen LogP contribution in [-0.4, -0.2) is 29.8 Å². The Morgan fingerprint density at radius 1 is 1.06 bits per heavy atom. The third kappa shape index (κ3) is 16.1. The second-order valence-electron chi connectivity index (χ2n) is 2.34. The summed E-state index contributed by atoms with van der Waals surface area (Å²) < 4.78 is 42.0. The first-order valence-electron chi connectivity index (χ1n) is 3.73. The maximum absolute atomic E-state index is 10.6. The predicted molar refractivity (Wildman–Crippen MR) is 34.5 cm³/mol. The number of cyclic esters (lactones) is 2. The van der Waals surface area contributed by atoms with Crippen LogP contribution >= 0.6 is 0 Å². The number of carbonyl (C=O) groups is 2. The molecule has 8 nitrogen and oxygen atoms in total. The molecule has 1 saturated heterocycles. The Bertz CT molecular complexity index is 209. The van der Waals surface area contributed by atoms with Crippen molar-refractivity contribution in [2.75, 3.05) is 13.2 Å². The predicted octanol–water partition coefficient (Wildman–Crippen LogP) is -7.14. The molecule has 90 valence electrons. The van der Waals surface area contributed by atoms with E-state index in [0.717, 1.165) is 0 Å². The third-order valence-corrected chi connectivity index (χ3v) is 1.14. The Morgan fingerprint density at radius 3 is 1.56 bits per heavy atom. The quantitative estimate of drug-likeness (QED) is 0.331. The van der Waals surface area contributed by atoms with Crippen LogP contribution in [-0.2, 0) is 19.1 Å². The Kier molecular flexibility index (Phi) is 9.90. The molecule has 0 aliphatic carbocycles. The molecule has 0 unspecified atom stereocenters. The van der Waals surface area contributed by atoms with Gasteiger partial charge in [0.2, 0.25) is 0 Å². The van der Waals surface area contributed by atoms with Gasteiger partial charge in [-0.05, 0) is 0 Å². The van der Waals surface area contributed by atoms with Crippen LogP contribution in [0.3, 0.4) is 0 Å². The Morgan fingerprint density at radius 2 is 1.31 bits per heavy atom. The summed E-state index contributed by atoms with van der Waals surface area (Å²) in [5, 5.41) is 0. The molecular formula is C6H10ClLiO8. The van der Waals surface area contributed by atoms with E-state index in [2.05, 4.69) is 9.47 Å². The summed E-state index contributed by atoms with van der Waals surface area (Å²) in [5.41, 5.74) is 0. The minimum Gasteiger partial charge on any atom is -1.00 e. The first-order valence-corrected chi connectivity index (χ1v) is 5.00. The molecule has 0 atom stereocenters. The number of rotatable bonds is 0. The molecule has 0 aromatic heterocycles. The minimum absolute atomic E-state index is 0. The van der Waals surface area contributed by atoms with E-state index in [9.17, 15) is 9.59 Å². The minimum atomic E-state index is -4.69. The van der Waals surface area contributed by atoms with Gasteiger partial charge in [-0.3, -0.25) is 9.59 Å². The first-order chi connectivity index (χ1) is 6.79. The summed E-state index contributed by atoms with van der Waals surface area (Å²) in [7, 11) is -4.69. The topological polar surface area (TPSA) is 142 Å². The van der Waals surface area contributed by atoms with Gasteiger partial charge in [-0.15, -0.1) is 0 Å². The van der Waals surface area contributed by atoms with Crippen LogP contribution in [0.4, 0.5) is 0 Å². The SMILES string of the molecule is O=C1CCC(=O)OCCO1.[H-].[Li+].[O-][Cl+3]([O-])([O-])O. The van der Waals surface area contributed by atoms with Gasteiger partial charge in [0, 0.05) is 0 Å². The van der Waals surface area contributed by atoms with E-state index in [1.54, 1.807) is 0 Å². The maximum Gasteiger partial charge on any atom is 1.00 e. The molecule has 0 amide bonds. The van der Waals surface area contributed by atoms with Crippen molar-refractivity contribution >= 4 is 11.9 Å². The van der Waals surface area contributed by atoms with Gasteiger partial charge in [-0.25, -0.2) is 0 Å². The van der Waals surface area contributed by atoms with E-state index in [1.165, 1.54) is 0 Å². The smallest absolute Gasteiger partial charge is 1.00 e. The number of esters is 2. The normalized spacial score (nSPS) is 16.5. The summed E-state index contributed by atoms with van der Waals surface area (Å²) in [6.07, 6.45) is 0.275. The van der Waals surface area contributed by atoms with Crippen LogP contribution in [0.1, 0.15) is 14.3 Å². The van der Waals surface area contributed by atoms with Crippen LogP contribution in [0.25, 0.3) is 0 Å². The second-order valence-corrected chi connectivity index (χ2v) is 3.13. The van der Waals surface area contributed by atoms with Crippen molar-refractivity contribution in [2.24, 2.45) is 0 Å². The van der Waals surface area contributed by atoms with Crippen LogP contribution in [0.5, 0.6) is 0 Å². The zero-order valence-electron chi connectivity index (χ0n) is 9.51. The largest absolute Gasteiger partial charge is 1.00 e. The van der Waals surface area contributed by atoms with Gasteiger partial charge in [-0.2, -0.15) is 14.0 Å². The van der Waals surface area contributed by atoms with Crippen LogP contribution in [0.15, 0.2) is 0 Å². The Balaban J connectivity index is -0.000000247.